The van der Waals surface area contributed by atoms with Crippen LogP contribution in [0.1, 0.15) is 31.2 Å². The standard InChI is InChI=1S/C15H20F2N2O/c16-13-7-6-11(9-14(13)17)3-1-5-15(20)19-10-12-4-2-8-18-12/h6-7,9,12,18H,1-5,8,10H2,(H,19,20). The second-order valence-electron chi connectivity index (χ2n) is 5.20. The average molecular weight is 282 g/mol. The van der Waals surface area contributed by atoms with Crippen LogP contribution in [0.3, 0.4) is 0 Å². The van der Waals surface area contributed by atoms with Gasteiger partial charge in [0, 0.05) is 19.0 Å². The number of aryl methyl sites for hydroxylation is 1. The van der Waals surface area contributed by atoms with Crippen molar-refractivity contribution in [3.8, 4) is 0 Å². The minimum absolute atomic E-state index is 0.0151. The number of halogens is 2. The van der Waals surface area contributed by atoms with Crippen LogP contribution in [0.25, 0.3) is 0 Å². The zero-order valence-corrected chi connectivity index (χ0v) is 11.4. The summed E-state index contributed by atoms with van der Waals surface area (Å²) in [6, 6.07) is 4.26. The molecule has 110 valence electrons. The maximum absolute atomic E-state index is 13.0. The molecule has 0 saturated carbocycles. The second kappa shape index (κ2) is 7.33. The van der Waals surface area contributed by atoms with Gasteiger partial charge in [-0.05, 0) is 49.9 Å². The molecule has 1 amide bonds. The Balaban J connectivity index is 1.64. The first-order chi connectivity index (χ1) is 9.65. The summed E-state index contributed by atoms with van der Waals surface area (Å²) in [6.45, 7) is 1.70. The molecule has 1 unspecified atom stereocenters. The quantitative estimate of drug-likeness (QED) is 0.839. The number of amides is 1. The van der Waals surface area contributed by atoms with Gasteiger partial charge in [-0.2, -0.15) is 0 Å². The molecule has 1 aliphatic heterocycles. The minimum Gasteiger partial charge on any atom is -0.355 e. The first-order valence-corrected chi connectivity index (χ1v) is 7.09. The third-order valence-corrected chi connectivity index (χ3v) is 3.56. The van der Waals surface area contributed by atoms with E-state index in [2.05, 4.69) is 10.6 Å². The molecular formula is C15H20F2N2O. The summed E-state index contributed by atoms with van der Waals surface area (Å²) in [4.78, 5) is 11.6. The Labute approximate surface area is 117 Å². The average Bonchev–Trinajstić information content (AvgIpc) is 2.94. The molecule has 5 heteroatoms. The summed E-state index contributed by atoms with van der Waals surface area (Å²) in [5, 5.41) is 6.21. The number of carbonyl (C=O) groups is 1. The van der Waals surface area contributed by atoms with Gasteiger partial charge in [0.25, 0.3) is 0 Å². The summed E-state index contributed by atoms with van der Waals surface area (Å²) >= 11 is 0. The fourth-order valence-corrected chi connectivity index (χ4v) is 2.40. The SMILES string of the molecule is O=C(CCCc1ccc(F)c(F)c1)NCC1CCCN1. The minimum atomic E-state index is -0.837. The molecule has 1 aromatic rings. The summed E-state index contributed by atoms with van der Waals surface area (Å²) in [7, 11) is 0. The maximum Gasteiger partial charge on any atom is 0.220 e. The van der Waals surface area contributed by atoms with Crippen LogP contribution in [0.2, 0.25) is 0 Å². The van der Waals surface area contributed by atoms with Crippen LogP contribution in [-0.2, 0) is 11.2 Å². The van der Waals surface area contributed by atoms with Crippen molar-refractivity contribution in [3.63, 3.8) is 0 Å². The lowest BCUT2D eigenvalue weighted by Gasteiger charge is -2.11. The largest absolute Gasteiger partial charge is 0.355 e. The second-order valence-corrected chi connectivity index (χ2v) is 5.20. The lowest BCUT2D eigenvalue weighted by atomic mass is 10.1. The van der Waals surface area contributed by atoms with Crippen LogP contribution < -0.4 is 10.6 Å². The van der Waals surface area contributed by atoms with Crippen molar-refractivity contribution in [1.29, 1.82) is 0 Å². The van der Waals surface area contributed by atoms with E-state index in [1.807, 2.05) is 0 Å². The van der Waals surface area contributed by atoms with E-state index < -0.39 is 11.6 Å². The van der Waals surface area contributed by atoms with E-state index >= 15 is 0 Å². The first kappa shape index (κ1) is 14.9. The van der Waals surface area contributed by atoms with Gasteiger partial charge < -0.3 is 10.6 Å². The van der Waals surface area contributed by atoms with Crippen LogP contribution in [-0.4, -0.2) is 25.0 Å². The topological polar surface area (TPSA) is 41.1 Å². The van der Waals surface area contributed by atoms with Gasteiger partial charge in [-0.1, -0.05) is 6.07 Å². The number of hydrogen-bond acceptors (Lipinski definition) is 2. The highest BCUT2D eigenvalue weighted by Gasteiger charge is 2.14. The Morgan fingerprint density at radius 1 is 1.35 bits per heavy atom. The Morgan fingerprint density at radius 2 is 2.20 bits per heavy atom. The van der Waals surface area contributed by atoms with Gasteiger partial charge >= 0.3 is 0 Å². The molecule has 0 radical (unpaired) electrons. The smallest absolute Gasteiger partial charge is 0.220 e. The van der Waals surface area contributed by atoms with Crippen LogP contribution in [0, 0.1) is 11.6 Å². The predicted octanol–water partition coefficient (Wildman–Crippen LogP) is 2.16. The van der Waals surface area contributed by atoms with Gasteiger partial charge in [-0.15, -0.1) is 0 Å². The number of rotatable bonds is 6. The molecule has 0 bridgehead atoms. The van der Waals surface area contributed by atoms with E-state index in [4.69, 9.17) is 0 Å². The van der Waals surface area contributed by atoms with Gasteiger partial charge in [0.1, 0.15) is 0 Å². The third-order valence-electron chi connectivity index (χ3n) is 3.56. The van der Waals surface area contributed by atoms with Gasteiger partial charge in [0.15, 0.2) is 11.6 Å². The normalized spacial score (nSPS) is 18.2. The summed E-state index contributed by atoms with van der Waals surface area (Å²) in [5.74, 6) is -1.66. The van der Waals surface area contributed by atoms with Crippen molar-refractivity contribution in [2.24, 2.45) is 0 Å². The maximum atomic E-state index is 13.0. The Bertz CT molecular complexity index is 459. The summed E-state index contributed by atoms with van der Waals surface area (Å²) in [5.41, 5.74) is 0.717. The molecule has 2 N–H and O–H groups in total. The lowest BCUT2D eigenvalue weighted by Crippen LogP contribution is -2.37. The van der Waals surface area contributed by atoms with Crippen LogP contribution in [0.5, 0.6) is 0 Å². The van der Waals surface area contributed by atoms with Gasteiger partial charge in [0.2, 0.25) is 5.91 Å². The van der Waals surface area contributed by atoms with E-state index in [0.29, 0.717) is 37.4 Å². The van der Waals surface area contributed by atoms with Crippen molar-refractivity contribution in [2.75, 3.05) is 13.1 Å². The van der Waals surface area contributed by atoms with Crippen molar-refractivity contribution in [3.05, 3.63) is 35.4 Å². The summed E-state index contributed by atoms with van der Waals surface area (Å²) < 4.78 is 25.7. The van der Waals surface area contributed by atoms with E-state index in [1.54, 1.807) is 6.07 Å². The van der Waals surface area contributed by atoms with E-state index in [1.165, 1.54) is 6.07 Å². The van der Waals surface area contributed by atoms with Gasteiger partial charge in [-0.25, -0.2) is 8.78 Å². The monoisotopic (exact) mass is 282 g/mol. The zero-order chi connectivity index (χ0) is 14.4. The molecule has 20 heavy (non-hydrogen) atoms. The van der Waals surface area contributed by atoms with Crippen LogP contribution >= 0.6 is 0 Å². The molecule has 1 aromatic carbocycles. The first-order valence-electron chi connectivity index (χ1n) is 7.09. The molecule has 3 nitrogen and oxygen atoms in total. The number of carbonyl (C=O) groups excluding carboxylic acids is 1. The zero-order valence-electron chi connectivity index (χ0n) is 11.4. The fourth-order valence-electron chi connectivity index (χ4n) is 2.40. The van der Waals surface area contributed by atoms with Crippen molar-refractivity contribution < 1.29 is 13.6 Å². The van der Waals surface area contributed by atoms with Gasteiger partial charge in [0.05, 0.1) is 0 Å². The van der Waals surface area contributed by atoms with Gasteiger partial charge in [-0.3, -0.25) is 4.79 Å². The van der Waals surface area contributed by atoms with Crippen molar-refractivity contribution in [2.45, 2.75) is 38.1 Å². The molecule has 1 heterocycles. The van der Waals surface area contributed by atoms with Crippen LogP contribution in [0.15, 0.2) is 18.2 Å². The molecule has 1 aliphatic rings. The molecule has 0 aromatic heterocycles. The Morgan fingerprint density at radius 3 is 2.90 bits per heavy atom. The Hall–Kier alpha value is -1.49. The van der Waals surface area contributed by atoms with E-state index in [9.17, 15) is 13.6 Å². The highest BCUT2D eigenvalue weighted by atomic mass is 19.2. The van der Waals surface area contributed by atoms with Crippen molar-refractivity contribution in [1.82, 2.24) is 10.6 Å². The number of nitrogens with one attached hydrogen (secondary N) is 2. The highest BCUT2D eigenvalue weighted by molar-refractivity contribution is 5.75. The lowest BCUT2D eigenvalue weighted by molar-refractivity contribution is -0.121. The molecule has 0 aliphatic carbocycles. The number of benzene rings is 1. The van der Waals surface area contributed by atoms with E-state index in [0.717, 1.165) is 25.5 Å². The van der Waals surface area contributed by atoms with Crippen molar-refractivity contribution >= 4 is 5.91 Å². The molecule has 1 saturated heterocycles. The summed E-state index contributed by atoms with van der Waals surface area (Å²) in [6.07, 6.45) is 3.89. The molecule has 2 rings (SSSR count). The molecule has 1 fully saturated rings. The fraction of sp³-hybridized carbons (Fsp3) is 0.533. The number of hydrogen-bond donors (Lipinski definition) is 2. The molecule has 1 atom stereocenters. The predicted molar refractivity (Wildman–Crippen MR) is 73.3 cm³/mol. The molecular weight excluding hydrogens is 262 g/mol. The Kier molecular flexibility index (Phi) is 5.47. The van der Waals surface area contributed by atoms with Crippen LogP contribution in [0.4, 0.5) is 8.78 Å². The molecule has 0 spiro atoms. The van der Waals surface area contributed by atoms with E-state index in [-0.39, 0.29) is 5.91 Å². The highest BCUT2D eigenvalue weighted by Crippen LogP contribution is 2.11. The third kappa shape index (κ3) is 4.56.